The Hall–Kier alpha value is -2.47. The van der Waals surface area contributed by atoms with E-state index in [0.717, 1.165) is 61.8 Å². The number of nitrogens with one attached hydrogen (secondary N) is 2. The van der Waals surface area contributed by atoms with E-state index in [4.69, 9.17) is 4.99 Å². The van der Waals surface area contributed by atoms with Crippen LogP contribution in [0.3, 0.4) is 0 Å². The van der Waals surface area contributed by atoms with Gasteiger partial charge in [-0.25, -0.2) is 9.38 Å². The summed E-state index contributed by atoms with van der Waals surface area (Å²) in [6, 6.07) is 11.2. The van der Waals surface area contributed by atoms with E-state index in [1.165, 1.54) is 12.1 Å². The monoisotopic (exact) mass is 383 g/mol. The second-order valence-electron chi connectivity index (χ2n) is 7.28. The number of aliphatic imine (C=N–C) groups is 1. The number of nitrogens with zero attached hydrogens (tertiary/aromatic N) is 3. The molecular weight excluding hydrogens is 353 g/mol. The van der Waals surface area contributed by atoms with Crippen molar-refractivity contribution >= 4 is 5.96 Å². The van der Waals surface area contributed by atoms with Crippen LogP contribution in [-0.4, -0.2) is 41.5 Å². The van der Waals surface area contributed by atoms with Crippen LogP contribution in [-0.2, 0) is 13.1 Å². The van der Waals surface area contributed by atoms with Crippen LogP contribution < -0.4 is 10.6 Å². The van der Waals surface area contributed by atoms with E-state index in [2.05, 4.69) is 40.4 Å². The first kappa shape index (κ1) is 20.3. The maximum Gasteiger partial charge on any atom is 0.191 e. The maximum absolute atomic E-state index is 13.1. The second-order valence-corrected chi connectivity index (χ2v) is 7.28. The van der Waals surface area contributed by atoms with Gasteiger partial charge in [0.2, 0.25) is 0 Å². The quantitative estimate of drug-likeness (QED) is 0.594. The number of rotatable bonds is 6. The van der Waals surface area contributed by atoms with Crippen molar-refractivity contribution in [1.29, 1.82) is 0 Å². The number of hydrogen-bond donors (Lipinski definition) is 2. The van der Waals surface area contributed by atoms with E-state index >= 15 is 0 Å². The van der Waals surface area contributed by atoms with Gasteiger partial charge in [0.25, 0.3) is 0 Å². The lowest BCUT2D eigenvalue weighted by atomic mass is 10.0. The first-order valence-electron chi connectivity index (χ1n) is 10.1. The van der Waals surface area contributed by atoms with Crippen molar-refractivity contribution in [2.24, 2.45) is 4.99 Å². The molecule has 0 atom stereocenters. The lowest BCUT2D eigenvalue weighted by molar-refractivity contribution is 0.198. The van der Waals surface area contributed by atoms with Crippen LogP contribution >= 0.6 is 0 Å². The van der Waals surface area contributed by atoms with Gasteiger partial charge < -0.3 is 10.6 Å². The highest BCUT2D eigenvalue weighted by molar-refractivity contribution is 5.80. The summed E-state index contributed by atoms with van der Waals surface area (Å²) in [4.78, 5) is 11.6. The number of hydrogen-bond acceptors (Lipinski definition) is 3. The summed E-state index contributed by atoms with van der Waals surface area (Å²) < 4.78 is 13.1. The minimum Gasteiger partial charge on any atom is -0.357 e. The molecule has 2 aromatic rings. The summed E-state index contributed by atoms with van der Waals surface area (Å²) in [5.41, 5.74) is 3.33. The minimum absolute atomic E-state index is 0.178. The fourth-order valence-corrected chi connectivity index (χ4v) is 3.43. The number of pyridine rings is 1. The van der Waals surface area contributed by atoms with Gasteiger partial charge in [0.15, 0.2) is 5.96 Å². The molecule has 0 bridgehead atoms. The van der Waals surface area contributed by atoms with Crippen molar-refractivity contribution in [1.82, 2.24) is 20.5 Å². The van der Waals surface area contributed by atoms with Gasteiger partial charge in [0.05, 0.1) is 12.2 Å². The van der Waals surface area contributed by atoms with Crippen molar-refractivity contribution < 1.29 is 4.39 Å². The average Bonchev–Trinajstić information content (AvgIpc) is 2.70. The average molecular weight is 384 g/mol. The molecular formula is C22H30FN5. The number of aromatic nitrogens is 1. The third-order valence-electron chi connectivity index (χ3n) is 5.10. The highest BCUT2D eigenvalue weighted by Crippen LogP contribution is 2.14. The summed E-state index contributed by atoms with van der Waals surface area (Å²) in [6.45, 7) is 8.47. The van der Waals surface area contributed by atoms with Crippen LogP contribution in [0.5, 0.6) is 0 Å². The molecule has 28 heavy (non-hydrogen) atoms. The lowest BCUT2D eigenvalue weighted by Gasteiger charge is -2.33. The van der Waals surface area contributed by atoms with Crippen LogP contribution in [0, 0.1) is 12.7 Å². The molecule has 1 saturated heterocycles. The van der Waals surface area contributed by atoms with Crippen molar-refractivity contribution in [3.05, 3.63) is 65.2 Å². The summed E-state index contributed by atoms with van der Waals surface area (Å²) in [5.74, 6) is 0.673. The van der Waals surface area contributed by atoms with E-state index < -0.39 is 0 Å². The third-order valence-corrected chi connectivity index (χ3v) is 5.10. The minimum atomic E-state index is -0.178. The Kier molecular flexibility index (Phi) is 7.37. The topological polar surface area (TPSA) is 52.6 Å². The summed E-state index contributed by atoms with van der Waals surface area (Å²) >= 11 is 0. The molecule has 2 N–H and O–H groups in total. The zero-order chi connectivity index (χ0) is 19.8. The van der Waals surface area contributed by atoms with Gasteiger partial charge in [-0.15, -0.1) is 0 Å². The maximum atomic E-state index is 13.1. The zero-order valence-electron chi connectivity index (χ0n) is 16.8. The molecule has 0 unspecified atom stereocenters. The summed E-state index contributed by atoms with van der Waals surface area (Å²) in [7, 11) is 0. The highest BCUT2D eigenvalue weighted by atomic mass is 19.1. The number of piperidine rings is 1. The molecule has 0 saturated carbocycles. The number of aryl methyl sites for hydroxylation is 1. The molecule has 1 aromatic carbocycles. The molecule has 1 fully saturated rings. The predicted molar refractivity (Wildman–Crippen MR) is 112 cm³/mol. The number of guanidine groups is 1. The predicted octanol–water partition coefficient (Wildman–Crippen LogP) is 3.25. The number of benzene rings is 1. The fourth-order valence-electron chi connectivity index (χ4n) is 3.43. The Balaban J connectivity index is 1.50. The van der Waals surface area contributed by atoms with Gasteiger partial charge in [-0.1, -0.05) is 18.2 Å². The summed E-state index contributed by atoms with van der Waals surface area (Å²) in [6.07, 6.45) is 3.94. The number of halogens is 1. The van der Waals surface area contributed by atoms with Crippen LogP contribution in [0.4, 0.5) is 4.39 Å². The van der Waals surface area contributed by atoms with Gasteiger partial charge in [0, 0.05) is 38.4 Å². The SMILES string of the molecule is CCNC(=NCc1ncccc1C)NC1CCN(Cc2ccc(F)cc2)CC1. The highest BCUT2D eigenvalue weighted by Gasteiger charge is 2.20. The Morgan fingerprint density at radius 3 is 2.64 bits per heavy atom. The van der Waals surface area contributed by atoms with Gasteiger partial charge >= 0.3 is 0 Å². The van der Waals surface area contributed by atoms with Crippen molar-refractivity contribution in [2.45, 2.75) is 45.8 Å². The molecule has 0 spiro atoms. The van der Waals surface area contributed by atoms with Crippen LogP contribution in [0.25, 0.3) is 0 Å². The second kappa shape index (κ2) is 10.2. The van der Waals surface area contributed by atoms with E-state index in [1.807, 2.05) is 24.4 Å². The van der Waals surface area contributed by atoms with Crippen LogP contribution in [0.1, 0.15) is 36.6 Å². The molecule has 5 nitrogen and oxygen atoms in total. The fraction of sp³-hybridized carbons (Fsp3) is 0.455. The molecule has 1 aliphatic rings. The van der Waals surface area contributed by atoms with E-state index in [-0.39, 0.29) is 5.82 Å². The molecule has 3 rings (SSSR count). The van der Waals surface area contributed by atoms with Gasteiger partial charge in [-0.2, -0.15) is 0 Å². The van der Waals surface area contributed by atoms with E-state index in [9.17, 15) is 4.39 Å². The Morgan fingerprint density at radius 1 is 1.21 bits per heavy atom. The molecule has 150 valence electrons. The van der Waals surface area contributed by atoms with Crippen molar-refractivity contribution in [3.8, 4) is 0 Å². The first-order chi connectivity index (χ1) is 13.6. The molecule has 6 heteroatoms. The van der Waals surface area contributed by atoms with Crippen molar-refractivity contribution in [3.63, 3.8) is 0 Å². The zero-order valence-corrected chi connectivity index (χ0v) is 16.8. The first-order valence-corrected chi connectivity index (χ1v) is 10.1. The normalized spacial score (nSPS) is 16.2. The Morgan fingerprint density at radius 2 is 1.96 bits per heavy atom. The Bertz CT molecular complexity index is 767. The number of likely N-dealkylation sites (tertiary alicyclic amines) is 1. The molecule has 0 amide bonds. The third kappa shape index (κ3) is 6.02. The lowest BCUT2D eigenvalue weighted by Crippen LogP contribution is -2.48. The van der Waals surface area contributed by atoms with Crippen molar-refractivity contribution in [2.75, 3.05) is 19.6 Å². The smallest absolute Gasteiger partial charge is 0.191 e. The van der Waals surface area contributed by atoms with E-state index in [0.29, 0.717) is 12.6 Å². The molecule has 0 aliphatic carbocycles. The standard InChI is InChI=1S/C22H30FN5/c1-3-24-22(26-15-21-17(2)5-4-12-25-21)27-20-10-13-28(14-11-20)16-18-6-8-19(23)9-7-18/h4-9,12,20H,3,10-11,13-16H2,1-2H3,(H2,24,26,27). The van der Waals surface area contributed by atoms with Crippen LogP contribution in [0.2, 0.25) is 0 Å². The largest absolute Gasteiger partial charge is 0.357 e. The molecule has 2 heterocycles. The van der Waals surface area contributed by atoms with Gasteiger partial charge in [-0.3, -0.25) is 9.88 Å². The summed E-state index contributed by atoms with van der Waals surface area (Å²) in [5, 5.41) is 6.91. The molecule has 1 aromatic heterocycles. The van der Waals surface area contributed by atoms with Gasteiger partial charge in [0.1, 0.15) is 5.82 Å². The Labute approximate surface area is 167 Å². The van der Waals surface area contributed by atoms with E-state index in [1.54, 1.807) is 0 Å². The molecule has 1 aliphatic heterocycles. The van der Waals surface area contributed by atoms with Gasteiger partial charge in [-0.05, 0) is 56.0 Å². The van der Waals surface area contributed by atoms with Crippen LogP contribution in [0.15, 0.2) is 47.6 Å². The molecule has 0 radical (unpaired) electrons.